The summed E-state index contributed by atoms with van der Waals surface area (Å²) in [6.07, 6.45) is 4.15. The lowest BCUT2D eigenvalue weighted by Gasteiger charge is -2.32. The van der Waals surface area contributed by atoms with E-state index in [9.17, 15) is 0 Å². The zero-order valence-corrected chi connectivity index (χ0v) is 8.88. The second-order valence-electron chi connectivity index (χ2n) is 4.83. The zero-order chi connectivity index (χ0) is 8.28. The molecule has 0 amide bonds. The molecule has 2 bridgehead atoms. The van der Waals surface area contributed by atoms with Gasteiger partial charge in [-0.15, -0.1) is 0 Å². The van der Waals surface area contributed by atoms with E-state index in [1.807, 2.05) is 0 Å². The van der Waals surface area contributed by atoms with E-state index in [-0.39, 0.29) is 0 Å². The Bertz CT molecular complexity index is 194. The second kappa shape index (κ2) is 2.00. The summed E-state index contributed by atoms with van der Waals surface area (Å²) < 4.78 is 2.53. The highest BCUT2D eigenvalue weighted by Gasteiger charge is 2.57. The molecule has 2 aliphatic rings. The molecule has 2 aliphatic heterocycles. The molecule has 4 atom stereocenters. The van der Waals surface area contributed by atoms with Gasteiger partial charge in [0.1, 0.15) is 0 Å². The Labute approximate surface area is 71.8 Å². The number of hydrogen-bond acceptors (Lipinski definition) is 1. The van der Waals surface area contributed by atoms with Crippen molar-refractivity contribution in [1.29, 1.82) is 0 Å². The molecule has 0 radical (unpaired) electrons. The molecule has 0 saturated carbocycles. The molecule has 0 N–H and O–H groups in total. The lowest BCUT2D eigenvalue weighted by molar-refractivity contribution is 0.239. The van der Waals surface area contributed by atoms with Crippen LogP contribution in [0.25, 0.3) is 0 Å². The summed E-state index contributed by atoms with van der Waals surface area (Å²) in [5.41, 5.74) is 0.984. The zero-order valence-electron chi connectivity index (χ0n) is 7.72. The molecule has 0 aromatic carbocycles. The number of nitrogens with zero attached hydrogens (tertiary/aromatic N) is 1. The highest BCUT2D eigenvalue weighted by molar-refractivity contribution is 7.13. The van der Waals surface area contributed by atoms with Crippen molar-refractivity contribution in [3.05, 3.63) is 0 Å². The second-order valence-corrected chi connectivity index (χ2v) is 5.35. The number of hydrogen-bond donors (Lipinski definition) is 0. The Kier molecular flexibility index (Phi) is 1.46. The SMILES string of the molecule is CC1CC2(C)CCC1(C)N2P. The molecule has 2 heteroatoms. The fourth-order valence-corrected chi connectivity index (χ4v) is 3.56. The van der Waals surface area contributed by atoms with Crippen LogP contribution >= 0.6 is 9.39 Å². The lowest BCUT2D eigenvalue weighted by Crippen LogP contribution is -2.37. The fraction of sp³-hybridized carbons (Fsp3) is 1.00. The van der Waals surface area contributed by atoms with Crippen LogP contribution < -0.4 is 0 Å². The van der Waals surface area contributed by atoms with Crippen LogP contribution in [-0.4, -0.2) is 15.7 Å². The first-order chi connectivity index (χ1) is 4.99. The molecule has 64 valence electrons. The monoisotopic (exact) mass is 171 g/mol. The molecule has 1 nitrogen and oxygen atoms in total. The van der Waals surface area contributed by atoms with E-state index in [0.717, 1.165) is 5.92 Å². The van der Waals surface area contributed by atoms with Crippen molar-refractivity contribution in [2.75, 3.05) is 0 Å². The fourth-order valence-electron chi connectivity index (χ4n) is 2.94. The van der Waals surface area contributed by atoms with Gasteiger partial charge in [0, 0.05) is 11.1 Å². The van der Waals surface area contributed by atoms with Crippen LogP contribution in [0.4, 0.5) is 0 Å². The average molecular weight is 171 g/mol. The van der Waals surface area contributed by atoms with Crippen molar-refractivity contribution in [1.82, 2.24) is 4.67 Å². The van der Waals surface area contributed by atoms with Crippen molar-refractivity contribution in [2.24, 2.45) is 5.92 Å². The van der Waals surface area contributed by atoms with Gasteiger partial charge in [-0.2, -0.15) is 0 Å². The van der Waals surface area contributed by atoms with Crippen LogP contribution in [0.5, 0.6) is 0 Å². The molecule has 0 aromatic rings. The Morgan fingerprint density at radius 3 is 2.18 bits per heavy atom. The quantitative estimate of drug-likeness (QED) is 0.506. The minimum Gasteiger partial charge on any atom is -0.276 e. The average Bonchev–Trinajstić information content (AvgIpc) is 2.23. The van der Waals surface area contributed by atoms with Gasteiger partial charge in [-0.3, -0.25) is 4.67 Å². The van der Waals surface area contributed by atoms with Crippen molar-refractivity contribution in [2.45, 2.75) is 51.1 Å². The van der Waals surface area contributed by atoms with Crippen LogP contribution in [-0.2, 0) is 0 Å². The summed E-state index contributed by atoms with van der Waals surface area (Å²) >= 11 is 0. The van der Waals surface area contributed by atoms with Crippen LogP contribution in [0.3, 0.4) is 0 Å². The molecule has 0 aromatic heterocycles. The maximum absolute atomic E-state index is 2.93. The van der Waals surface area contributed by atoms with Crippen molar-refractivity contribution < 1.29 is 0 Å². The molecular formula is C9H18NP. The third-order valence-corrected chi connectivity index (χ3v) is 5.32. The van der Waals surface area contributed by atoms with Gasteiger partial charge in [0.25, 0.3) is 0 Å². The Morgan fingerprint density at radius 1 is 1.36 bits per heavy atom. The van der Waals surface area contributed by atoms with Gasteiger partial charge in [-0.25, -0.2) is 0 Å². The maximum Gasteiger partial charge on any atom is 0.0246 e. The molecule has 4 unspecified atom stereocenters. The van der Waals surface area contributed by atoms with Gasteiger partial charge >= 0.3 is 0 Å². The normalized spacial score (nSPS) is 57.3. The minimum absolute atomic E-state index is 0.486. The summed E-state index contributed by atoms with van der Waals surface area (Å²) in [6.45, 7) is 7.19. The van der Waals surface area contributed by atoms with Gasteiger partial charge in [-0.05, 0) is 39.0 Å². The van der Waals surface area contributed by atoms with E-state index in [1.165, 1.54) is 19.3 Å². The summed E-state index contributed by atoms with van der Waals surface area (Å²) in [4.78, 5) is 0. The van der Waals surface area contributed by atoms with E-state index in [0.29, 0.717) is 11.1 Å². The molecule has 2 saturated heterocycles. The van der Waals surface area contributed by atoms with E-state index in [1.54, 1.807) is 0 Å². The van der Waals surface area contributed by atoms with E-state index >= 15 is 0 Å². The number of fused-ring (bicyclic) bond motifs is 2. The van der Waals surface area contributed by atoms with E-state index < -0.39 is 0 Å². The Hall–Kier alpha value is 0.390. The molecular weight excluding hydrogens is 153 g/mol. The molecule has 11 heavy (non-hydrogen) atoms. The van der Waals surface area contributed by atoms with E-state index in [2.05, 4.69) is 34.8 Å². The van der Waals surface area contributed by atoms with Crippen LogP contribution in [0.2, 0.25) is 0 Å². The molecule has 0 spiro atoms. The smallest absolute Gasteiger partial charge is 0.0246 e. The topological polar surface area (TPSA) is 3.24 Å². The standard InChI is InChI=1S/C9H18NP/c1-7-6-8(2)4-5-9(7,3)10(8)11/h7H,4-6,11H2,1-3H3. The molecule has 2 rings (SSSR count). The summed E-state index contributed by atoms with van der Waals surface area (Å²) in [5.74, 6) is 0.874. The summed E-state index contributed by atoms with van der Waals surface area (Å²) in [7, 11) is 2.93. The van der Waals surface area contributed by atoms with Gasteiger partial charge in [-0.1, -0.05) is 16.3 Å². The number of rotatable bonds is 0. The van der Waals surface area contributed by atoms with Crippen molar-refractivity contribution in [3.8, 4) is 0 Å². The third kappa shape index (κ3) is 0.792. The lowest BCUT2D eigenvalue weighted by atomic mass is 9.77. The summed E-state index contributed by atoms with van der Waals surface area (Å²) in [5, 5.41) is 0. The predicted octanol–water partition coefficient (Wildman–Crippen LogP) is 2.43. The maximum atomic E-state index is 2.93. The van der Waals surface area contributed by atoms with Gasteiger partial charge < -0.3 is 0 Å². The van der Waals surface area contributed by atoms with Crippen LogP contribution in [0, 0.1) is 5.92 Å². The van der Waals surface area contributed by atoms with E-state index in [4.69, 9.17) is 0 Å². The highest BCUT2D eigenvalue weighted by Crippen LogP contribution is 2.57. The van der Waals surface area contributed by atoms with Gasteiger partial charge in [0.05, 0.1) is 0 Å². The predicted molar refractivity (Wildman–Crippen MR) is 51.4 cm³/mol. The van der Waals surface area contributed by atoms with Crippen molar-refractivity contribution in [3.63, 3.8) is 0 Å². The van der Waals surface area contributed by atoms with Gasteiger partial charge in [0.15, 0.2) is 0 Å². The third-order valence-electron chi connectivity index (χ3n) is 4.11. The Morgan fingerprint density at radius 2 is 2.00 bits per heavy atom. The van der Waals surface area contributed by atoms with Crippen LogP contribution in [0.15, 0.2) is 0 Å². The van der Waals surface area contributed by atoms with Crippen LogP contribution in [0.1, 0.15) is 40.0 Å². The Balaban J connectivity index is 2.37. The first kappa shape index (κ1) is 8.01. The highest BCUT2D eigenvalue weighted by atomic mass is 31.0. The minimum atomic E-state index is 0.486. The molecule has 0 aliphatic carbocycles. The largest absolute Gasteiger partial charge is 0.276 e. The van der Waals surface area contributed by atoms with Crippen molar-refractivity contribution >= 4 is 9.39 Å². The molecule has 2 heterocycles. The molecule has 2 fully saturated rings. The first-order valence-electron chi connectivity index (χ1n) is 4.54. The first-order valence-corrected chi connectivity index (χ1v) is 5.06. The van der Waals surface area contributed by atoms with Gasteiger partial charge in [0.2, 0.25) is 0 Å². The summed E-state index contributed by atoms with van der Waals surface area (Å²) in [6, 6.07) is 0.